The summed E-state index contributed by atoms with van der Waals surface area (Å²) in [5.41, 5.74) is 0. The zero-order valence-corrected chi connectivity index (χ0v) is 46.3. The second-order valence-electron chi connectivity index (χ2n) is 18.1. The van der Waals surface area contributed by atoms with Crippen LogP contribution in [-0.4, -0.2) is 37.2 Å². The number of esters is 3. The maximum absolute atomic E-state index is 12.8. The molecule has 6 heteroatoms. The van der Waals surface area contributed by atoms with E-state index in [1.807, 2.05) is 12.2 Å². The molecule has 0 N–H and O–H groups in total. The van der Waals surface area contributed by atoms with Gasteiger partial charge in [0.1, 0.15) is 13.2 Å². The van der Waals surface area contributed by atoms with Crippen molar-refractivity contribution in [3.63, 3.8) is 0 Å². The van der Waals surface area contributed by atoms with Gasteiger partial charge in [0.05, 0.1) is 0 Å². The highest BCUT2D eigenvalue weighted by Crippen LogP contribution is 2.11. The lowest BCUT2D eigenvalue weighted by Crippen LogP contribution is -2.30. The van der Waals surface area contributed by atoms with Crippen molar-refractivity contribution in [2.45, 2.75) is 219 Å². The van der Waals surface area contributed by atoms with Crippen molar-refractivity contribution in [3.05, 3.63) is 170 Å². The van der Waals surface area contributed by atoms with Crippen LogP contribution in [0.15, 0.2) is 170 Å². The zero-order chi connectivity index (χ0) is 52.9. The highest BCUT2D eigenvalue weighted by atomic mass is 16.6. The predicted octanol–water partition coefficient (Wildman–Crippen LogP) is 19.5. The zero-order valence-electron chi connectivity index (χ0n) is 46.3. The molecule has 0 aliphatic carbocycles. The van der Waals surface area contributed by atoms with Crippen LogP contribution < -0.4 is 0 Å². The minimum absolute atomic E-state index is 0.139. The molecule has 0 saturated carbocycles. The summed E-state index contributed by atoms with van der Waals surface area (Å²) in [5, 5.41) is 0. The van der Waals surface area contributed by atoms with Crippen LogP contribution in [-0.2, 0) is 28.6 Å². The first-order chi connectivity index (χ1) is 36.0. The molecule has 0 aliphatic rings. The predicted molar refractivity (Wildman–Crippen MR) is 315 cm³/mol. The van der Waals surface area contributed by atoms with Crippen LogP contribution in [0.4, 0.5) is 0 Å². The monoisotopic (exact) mass is 1000 g/mol. The van der Waals surface area contributed by atoms with Crippen LogP contribution in [0, 0.1) is 0 Å². The first-order valence-corrected chi connectivity index (χ1v) is 28.6. The number of hydrogen-bond acceptors (Lipinski definition) is 6. The van der Waals surface area contributed by atoms with Crippen molar-refractivity contribution in [2.24, 2.45) is 0 Å². The summed E-state index contributed by atoms with van der Waals surface area (Å²) in [6.07, 6.45) is 87.8. The van der Waals surface area contributed by atoms with E-state index < -0.39 is 12.1 Å². The van der Waals surface area contributed by atoms with E-state index in [0.717, 1.165) is 141 Å². The second-order valence-corrected chi connectivity index (χ2v) is 18.1. The standard InChI is InChI=1S/C67H102O6/c1-4-7-10-13-16-19-22-25-28-31-33-36-39-42-45-48-51-54-57-60-66(69)72-63-64(62-71-65(68)59-56-53-50-47-44-41-38-35-30-27-24-21-18-15-12-9-6-3)73-67(70)61-58-55-52-49-46-43-40-37-34-32-29-26-23-20-17-14-11-8-5-2/h7-8,10-11,16-21,25-30,33-34,36-38,41-43,45-46,52,55,64H,4-6,9,12-15,22-24,31-32,35,39-40,44,47-51,53-54,56-63H2,1-3H3/b10-7-,11-8-,19-16-,20-17-,21-18-,28-25-,29-26-,30-27-,36-33-,37-34-,41-38-,45-42-,46-43-,55-52-/t64-/m0/s1. The molecule has 0 aliphatic heterocycles. The Hall–Kier alpha value is -5.23. The molecule has 0 aromatic carbocycles. The third-order valence-corrected chi connectivity index (χ3v) is 11.2. The fourth-order valence-corrected chi connectivity index (χ4v) is 6.97. The number of ether oxygens (including phenoxy) is 3. The second kappa shape index (κ2) is 59.3. The van der Waals surface area contributed by atoms with E-state index in [1.165, 1.54) is 25.7 Å². The van der Waals surface area contributed by atoms with E-state index >= 15 is 0 Å². The average Bonchev–Trinajstić information content (AvgIpc) is 3.39. The van der Waals surface area contributed by atoms with Gasteiger partial charge in [0, 0.05) is 19.3 Å². The third kappa shape index (κ3) is 57.5. The minimum Gasteiger partial charge on any atom is -0.462 e. The van der Waals surface area contributed by atoms with Crippen LogP contribution in [0.1, 0.15) is 213 Å². The topological polar surface area (TPSA) is 78.9 Å². The molecule has 0 spiro atoms. The maximum Gasteiger partial charge on any atom is 0.306 e. The molecule has 73 heavy (non-hydrogen) atoms. The molecule has 0 unspecified atom stereocenters. The number of carbonyl (C=O) groups is 3. The Kier molecular flexibility index (Phi) is 55.1. The van der Waals surface area contributed by atoms with Crippen molar-refractivity contribution in [2.75, 3.05) is 13.2 Å². The Morgan fingerprint density at radius 1 is 0.288 bits per heavy atom. The summed E-state index contributed by atoms with van der Waals surface area (Å²) in [6, 6.07) is 0. The molecule has 0 saturated heterocycles. The van der Waals surface area contributed by atoms with Gasteiger partial charge in [0.2, 0.25) is 0 Å². The summed E-state index contributed by atoms with van der Waals surface area (Å²) < 4.78 is 16.7. The number of carbonyl (C=O) groups excluding carboxylic acids is 3. The van der Waals surface area contributed by atoms with Crippen LogP contribution in [0.2, 0.25) is 0 Å². The molecule has 0 heterocycles. The van der Waals surface area contributed by atoms with Gasteiger partial charge in [-0.25, -0.2) is 0 Å². The first-order valence-electron chi connectivity index (χ1n) is 28.6. The Morgan fingerprint density at radius 2 is 0.562 bits per heavy atom. The molecule has 0 fully saturated rings. The lowest BCUT2D eigenvalue weighted by molar-refractivity contribution is -0.166. The van der Waals surface area contributed by atoms with Gasteiger partial charge in [-0.1, -0.05) is 223 Å². The number of unbranched alkanes of at least 4 members (excludes halogenated alkanes) is 10. The van der Waals surface area contributed by atoms with Gasteiger partial charge in [0.15, 0.2) is 6.10 Å². The van der Waals surface area contributed by atoms with Gasteiger partial charge >= 0.3 is 17.9 Å². The van der Waals surface area contributed by atoms with Gasteiger partial charge in [-0.05, 0) is 141 Å². The third-order valence-electron chi connectivity index (χ3n) is 11.2. The van der Waals surface area contributed by atoms with Gasteiger partial charge in [-0.15, -0.1) is 0 Å². The Labute approximate surface area is 447 Å². The van der Waals surface area contributed by atoms with Crippen LogP contribution in [0.3, 0.4) is 0 Å². The van der Waals surface area contributed by atoms with Crippen molar-refractivity contribution >= 4 is 17.9 Å². The van der Waals surface area contributed by atoms with E-state index in [9.17, 15) is 14.4 Å². The maximum atomic E-state index is 12.8. The Bertz CT molecular complexity index is 1720. The van der Waals surface area contributed by atoms with Gasteiger partial charge in [-0.2, -0.15) is 0 Å². The lowest BCUT2D eigenvalue weighted by atomic mass is 10.1. The SMILES string of the molecule is CC/C=C\C/C=C\C/C=C\C/C=C\C/C=C\C/C=C\CCC(=O)O[C@H](COC(=O)CCCCC/C=C\C/C=C\C/C=C\C/C=C\C/C=C\CC)COC(=O)CCCCCC/C=C\C/C=C\C/C=C\CCCCC. The first kappa shape index (κ1) is 67.8. The molecule has 0 aromatic heterocycles. The molecule has 6 nitrogen and oxygen atoms in total. The van der Waals surface area contributed by atoms with Gasteiger partial charge < -0.3 is 14.2 Å². The van der Waals surface area contributed by atoms with Crippen molar-refractivity contribution < 1.29 is 28.6 Å². The summed E-state index contributed by atoms with van der Waals surface area (Å²) in [7, 11) is 0. The number of rotatable bonds is 49. The highest BCUT2D eigenvalue weighted by molar-refractivity contribution is 5.71. The molecule has 0 radical (unpaired) electrons. The van der Waals surface area contributed by atoms with Crippen molar-refractivity contribution in [1.29, 1.82) is 0 Å². The number of hydrogen-bond donors (Lipinski definition) is 0. The van der Waals surface area contributed by atoms with E-state index in [-0.39, 0.29) is 31.6 Å². The lowest BCUT2D eigenvalue weighted by Gasteiger charge is -2.18. The quantitative estimate of drug-likeness (QED) is 0.0261. The molecule has 0 bridgehead atoms. The molecule has 0 amide bonds. The molecule has 0 aromatic rings. The molecule has 0 rings (SSSR count). The van der Waals surface area contributed by atoms with Gasteiger partial charge in [-0.3, -0.25) is 14.4 Å². The average molecular weight is 1000 g/mol. The van der Waals surface area contributed by atoms with E-state index in [0.29, 0.717) is 19.3 Å². The molecule has 1 atom stereocenters. The summed E-state index contributed by atoms with van der Waals surface area (Å²) in [4.78, 5) is 38.2. The van der Waals surface area contributed by atoms with Crippen LogP contribution in [0.5, 0.6) is 0 Å². The van der Waals surface area contributed by atoms with E-state index in [4.69, 9.17) is 14.2 Å². The Balaban J connectivity index is 4.65. The summed E-state index contributed by atoms with van der Waals surface area (Å²) in [5.74, 6) is -1.09. The van der Waals surface area contributed by atoms with Crippen molar-refractivity contribution in [1.82, 2.24) is 0 Å². The minimum atomic E-state index is -0.852. The molecular weight excluding hydrogens is 901 g/mol. The number of allylic oxidation sites excluding steroid dienone is 28. The van der Waals surface area contributed by atoms with Crippen LogP contribution >= 0.6 is 0 Å². The molecular formula is C67H102O6. The fraction of sp³-hybridized carbons (Fsp3) is 0.537. The largest absolute Gasteiger partial charge is 0.462 e. The fourth-order valence-electron chi connectivity index (χ4n) is 6.97. The van der Waals surface area contributed by atoms with E-state index in [1.54, 1.807) is 0 Å². The smallest absolute Gasteiger partial charge is 0.306 e. The molecule has 406 valence electrons. The van der Waals surface area contributed by atoms with Crippen molar-refractivity contribution in [3.8, 4) is 0 Å². The highest BCUT2D eigenvalue weighted by Gasteiger charge is 2.19. The van der Waals surface area contributed by atoms with E-state index in [2.05, 4.69) is 179 Å². The summed E-state index contributed by atoms with van der Waals surface area (Å²) in [6.45, 7) is 6.25. The normalized spacial score (nSPS) is 13.4. The Morgan fingerprint density at radius 3 is 0.890 bits per heavy atom. The van der Waals surface area contributed by atoms with Crippen LogP contribution in [0.25, 0.3) is 0 Å². The summed E-state index contributed by atoms with van der Waals surface area (Å²) >= 11 is 0. The van der Waals surface area contributed by atoms with Gasteiger partial charge in [0.25, 0.3) is 0 Å².